The van der Waals surface area contributed by atoms with Gasteiger partial charge in [0, 0.05) is 11.6 Å². The van der Waals surface area contributed by atoms with Crippen LogP contribution < -0.4 is 10.1 Å². The van der Waals surface area contributed by atoms with Crippen molar-refractivity contribution in [2.24, 2.45) is 0 Å². The maximum absolute atomic E-state index is 13.1. The van der Waals surface area contributed by atoms with Gasteiger partial charge in [0.15, 0.2) is 0 Å². The number of carbonyl (C=O) groups is 1. The van der Waals surface area contributed by atoms with Gasteiger partial charge in [-0.2, -0.15) is 5.10 Å². The minimum atomic E-state index is -0.244. The van der Waals surface area contributed by atoms with Crippen LogP contribution in [0.4, 0.5) is 5.82 Å². The average molecular weight is 397 g/mol. The highest BCUT2D eigenvalue weighted by atomic mass is 16.5. The summed E-state index contributed by atoms with van der Waals surface area (Å²) < 4.78 is 7.36. The Hall–Kier alpha value is -3.86. The van der Waals surface area contributed by atoms with Crippen LogP contribution in [0.5, 0.6) is 5.75 Å². The second-order valence-electron chi connectivity index (χ2n) is 6.91. The summed E-state index contributed by atoms with van der Waals surface area (Å²) in [6.45, 7) is 4.44. The fraction of sp³-hybridized carbons (Fsp3) is 0.120. The first-order valence-electron chi connectivity index (χ1n) is 9.91. The number of aryl methyl sites for hydroxylation is 1. The van der Waals surface area contributed by atoms with E-state index in [2.05, 4.69) is 5.32 Å². The molecule has 0 aliphatic heterocycles. The molecule has 150 valence electrons. The summed E-state index contributed by atoms with van der Waals surface area (Å²) >= 11 is 0. The molecule has 0 radical (unpaired) electrons. The monoisotopic (exact) mass is 397 g/mol. The van der Waals surface area contributed by atoms with Crippen LogP contribution in [0.25, 0.3) is 16.9 Å². The number of ether oxygens (including phenoxy) is 1. The Labute approximate surface area is 175 Å². The Morgan fingerprint density at radius 3 is 2.40 bits per heavy atom. The fourth-order valence-corrected chi connectivity index (χ4v) is 3.22. The van der Waals surface area contributed by atoms with E-state index in [4.69, 9.17) is 9.84 Å². The third-order valence-electron chi connectivity index (χ3n) is 4.73. The smallest absolute Gasteiger partial charge is 0.260 e. The number of carbonyl (C=O) groups excluding carboxylic acids is 1. The van der Waals surface area contributed by atoms with Crippen molar-refractivity contribution in [2.75, 3.05) is 11.9 Å². The highest BCUT2D eigenvalue weighted by molar-refractivity contribution is 6.06. The van der Waals surface area contributed by atoms with Crippen molar-refractivity contribution in [3.8, 4) is 22.7 Å². The summed E-state index contributed by atoms with van der Waals surface area (Å²) in [5.74, 6) is 0.904. The van der Waals surface area contributed by atoms with E-state index < -0.39 is 0 Å². The maximum atomic E-state index is 13.1. The van der Waals surface area contributed by atoms with Crippen molar-refractivity contribution < 1.29 is 9.53 Å². The molecule has 1 amide bonds. The molecule has 5 heteroatoms. The number of amides is 1. The molecule has 1 heterocycles. The zero-order valence-electron chi connectivity index (χ0n) is 17.0. The number of aromatic nitrogens is 2. The molecule has 0 fully saturated rings. The molecule has 0 atom stereocenters. The Balaban J connectivity index is 1.73. The number of hydrogen-bond acceptors (Lipinski definition) is 3. The lowest BCUT2D eigenvalue weighted by Crippen LogP contribution is -2.16. The van der Waals surface area contributed by atoms with Gasteiger partial charge < -0.3 is 10.1 Å². The van der Waals surface area contributed by atoms with Crippen LogP contribution in [-0.2, 0) is 0 Å². The molecule has 0 aliphatic rings. The van der Waals surface area contributed by atoms with E-state index in [0.29, 0.717) is 23.7 Å². The first kappa shape index (κ1) is 19.5. The summed E-state index contributed by atoms with van der Waals surface area (Å²) in [5.41, 5.74) is 4.30. The van der Waals surface area contributed by atoms with E-state index in [1.54, 1.807) is 16.8 Å². The first-order valence-corrected chi connectivity index (χ1v) is 9.91. The summed E-state index contributed by atoms with van der Waals surface area (Å²) in [4.78, 5) is 13.1. The molecular weight excluding hydrogens is 374 g/mol. The SMILES string of the molecule is CCOc1ccccc1C(=O)Nc1cc(-c2ccc(C)cc2)nn1-c1ccccc1. The number of anilines is 1. The summed E-state index contributed by atoms with van der Waals surface area (Å²) in [7, 11) is 0. The molecule has 30 heavy (non-hydrogen) atoms. The predicted octanol–water partition coefficient (Wildman–Crippen LogP) is 5.50. The minimum Gasteiger partial charge on any atom is -0.493 e. The number of benzene rings is 3. The highest BCUT2D eigenvalue weighted by Gasteiger charge is 2.17. The molecule has 0 aliphatic carbocycles. The van der Waals surface area contributed by atoms with Crippen LogP contribution in [-0.4, -0.2) is 22.3 Å². The topological polar surface area (TPSA) is 56.1 Å². The molecule has 3 aromatic carbocycles. The van der Waals surface area contributed by atoms with Crippen molar-refractivity contribution in [2.45, 2.75) is 13.8 Å². The summed E-state index contributed by atoms with van der Waals surface area (Å²) in [6, 6.07) is 27.0. The third kappa shape index (κ3) is 4.10. The summed E-state index contributed by atoms with van der Waals surface area (Å²) in [6.07, 6.45) is 0. The van der Waals surface area contributed by atoms with Crippen LogP contribution in [0, 0.1) is 6.92 Å². The van der Waals surface area contributed by atoms with Gasteiger partial charge in [-0.3, -0.25) is 4.79 Å². The quantitative estimate of drug-likeness (QED) is 0.467. The van der Waals surface area contributed by atoms with Crippen molar-refractivity contribution in [1.82, 2.24) is 9.78 Å². The highest BCUT2D eigenvalue weighted by Crippen LogP contribution is 2.26. The Morgan fingerprint density at radius 1 is 0.967 bits per heavy atom. The third-order valence-corrected chi connectivity index (χ3v) is 4.73. The van der Waals surface area contributed by atoms with Gasteiger partial charge in [-0.05, 0) is 38.1 Å². The van der Waals surface area contributed by atoms with E-state index in [1.807, 2.05) is 86.6 Å². The molecule has 1 N–H and O–H groups in total. The second-order valence-corrected chi connectivity index (χ2v) is 6.91. The van der Waals surface area contributed by atoms with Gasteiger partial charge in [0.2, 0.25) is 0 Å². The van der Waals surface area contributed by atoms with Crippen LogP contribution in [0.15, 0.2) is 84.9 Å². The van der Waals surface area contributed by atoms with Crippen molar-refractivity contribution in [3.05, 3.63) is 96.1 Å². The standard InChI is InChI=1S/C25H23N3O2/c1-3-30-23-12-8-7-11-21(23)25(29)26-24-17-22(19-15-13-18(2)14-16-19)27-28(24)20-9-5-4-6-10-20/h4-17H,3H2,1-2H3,(H,26,29). The van der Waals surface area contributed by atoms with Gasteiger partial charge in [-0.1, -0.05) is 60.2 Å². The van der Waals surface area contributed by atoms with E-state index in [-0.39, 0.29) is 5.91 Å². The van der Waals surface area contributed by atoms with Crippen molar-refractivity contribution in [1.29, 1.82) is 0 Å². The van der Waals surface area contributed by atoms with E-state index >= 15 is 0 Å². The molecule has 1 aromatic heterocycles. The van der Waals surface area contributed by atoms with Gasteiger partial charge in [-0.15, -0.1) is 0 Å². The van der Waals surface area contributed by atoms with Crippen molar-refractivity contribution in [3.63, 3.8) is 0 Å². The fourth-order valence-electron chi connectivity index (χ4n) is 3.22. The van der Waals surface area contributed by atoms with Gasteiger partial charge in [0.05, 0.1) is 23.6 Å². The largest absolute Gasteiger partial charge is 0.493 e. The molecule has 0 saturated carbocycles. The van der Waals surface area contributed by atoms with E-state index in [1.165, 1.54) is 5.56 Å². The van der Waals surface area contributed by atoms with E-state index in [0.717, 1.165) is 16.9 Å². The molecule has 4 rings (SSSR count). The lowest BCUT2D eigenvalue weighted by molar-refractivity contribution is 0.102. The number of rotatable bonds is 6. The molecular formula is C25H23N3O2. The number of nitrogens with zero attached hydrogens (tertiary/aromatic N) is 2. The van der Waals surface area contributed by atoms with Gasteiger partial charge in [0.1, 0.15) is 11.6 Å². The number of nitrogens with one attached hydrogen (secondary N) is 1. The first-order chi connectivity index (χ1) is 14.7. The molecule has 5 nitrogen and oxygen atoms in total. The minimum absolute atomic E-state index is 0.244. The second kappa shape index (κ2) is 8.66. The number of para-hydroxylation sites is 2. The molecule has 0 saturated heterocycles. The van der Waals surface area contributed by atoms with Crippen LogP contribution in [0.2, 0.25) is 0 Å². The average Bonchev–Trinajstić information content (AvgIpc) is 3.19. The lowest BCUT2D eigenvalue weighted by Gasteiger charge is -2.11. The van der Waals surface area contributed by atoms with E-state index in [9.17, 15) is 4.79 Å². The van der Waals surface area contributed by atoms with Gasteiger partial charge >= 0.3 is 0 Å². The normalized spacial score (nSPS) is 10.6. The lowest BCUT2D eigenvalue weighted by atomic mass is 10.1. The van der Waals surface area contributed by atoms with Gasteiger partial charge in [0.25, 0.3) is 5.91 Å². The Morgan fingerprint density at radius 2 is 1.67 bits per heavy atom. The van der Waals surface area contributed by atoms with Crippen LogP contribution >= 0.6 is 0 Å². The number of hydrogen-bond donors (Lipinski definition) is 1. The summed E-state index contributed by atoms with van der Waals surface area (Å²) in [5, 5.41) is 7.76. The molecule has 0 unspecified atom stereocenters. The Kier molecular flexibility index (Phi) is 5.61. The Bertz CT molecular complexity index is 1150. The van der Waals surface area contributed by atoms with Gasteiger partial charge in [-0.25, -0.2) is 4.68 Å². The predicted molar refractivity (Wildman–Crippen MR) is 119 cm³/mol. The molecule has 4 aromatic rings. The zero-order chi connectivity index (χ0) is 20.9. The van der Waals surface area contributed by atoms with Crippen molar-refractivity contribution >= 4 is 11.7 Å². The van der Waals surface area contributed by atoms with Crippen LogP contribution in [0.3, 0.4) is 0 Å². The molecule has 0 spiro atoms. The zero-order valence-corrected chi connectivity index (χ0v) is 17.0. The maximum Gasteiger partial charge on any atom is 0.260 e. The molecule has 0 bridgehead atoms. The van der Waals surface area contributed by atoms with Crippen LogP contribution in [0.1, 0.15) is 22.8 Å².